The fraction of sp³-hybridized carbons (Fsp3) is 0.108. The number of rotatable bonds is 4. The minimum Gasteiger partial charge on any atom is -0.437 e. The van der Waals surface area contributed by atoms with Crippen molar-refractivity contribution in [3.63, 3.8) is 0 Å². The van der Waals surface area contributed by atoms with Gasteiger partial charge in [0.15, 0.2) is 0 Å². The largest absolute Gasteiger partial charge is 0.437 e. The second kappa shape index (κ2) is 9.38. The molecule has 0 saturated heterocycles. The first-order valence-electron chi connectivity index (χ1n) is 14.2. The molecule has 0 saturated carbocycles. The molecule has 8 aromatic rings. The predicted octanol–water partition coefficient (Wildman–Crippen LogP) is 9.19. The van der Waals surface area contributed by atoms with Gasteiger partial charge in [0.05, 0.1) is 27.8 Å². The summed E-state index contributed by atoms with van der Waals surface area (Å²) in [5, 5.41) is 3.12. The first-order chi connectivity index (χ1) is 20.5. The van der Waals surface area contributed by atoms with E-state index in [1.54, 1.807) is 0 Å². The molecule has 0 atom stereocenters. The third-order valence-electron chi connectivity index (χ3n) is 8.23. The van der Waals surface area contributed by atoms with Crippen LogP contribution in [0.15, 0.2) is 108 Å². The molecule has 0 aliphatic rings. The van der Waals surface area contributed by atoms with Crippen molar-refractivity contribution in [1.29, 1.82) is 0 Å². The van der Waals surface area contributed by atoms with Crippen molar-refractivity contribution in [2.75, 3.05) is 0 Å². The number of hydrogen-bond donors (Lipinski definition) is 0. The summed E-state index contributed by atoms with van der Waals surface area (Å²) in [5.41, 5.74) is 11.9. The number of nitrogens with zero attached hydrogens (tertiary/aromatic N) is 4. The highest BCUT2D eigenvalue weighted by Crippen LogP contribution is 2.38. The number of pyridine rings is 2. The van der Waals surface area contributed by atoms with Crippen LogP contribution in [0.1, 0.15) is 22.4 Å². The van der Waals surface area contributed by atoms with Gasteiger partial charge < -0.3 is 8.98 Å². The number of fused-ring (bicyclic) bond motifs is 6. The molecule has 4 aromatic heterocycles. The number of para-hydroxylation sites is 1. The highest BCUT2D eigenvalue weighted by Gasteiger charge is 2.21. The Kier molecular flexibility index (Phi) is 5.47. The molecule has 0 bridgehead atoms. The van der Waals surface area contributed by atoms with Gasteiger partial charge in [-0.1, -0.05) is 72.8 Å². The Balaban J connectivity index is 1.39. The summed E-state index contributed by atoms with van der Waals surface area (Å²) in [5.74, 6) is 0.851. The van der Waals surface area contributed by atoms with Crippen LogP contribution >= 0.6 is 0 Å². The molecule has 0 aliphatic carbocycles. The molecular weight excluding hydrogens is 516 g/mol. The number of aryl methyl sites for hydroxylation is 3. The highest BCUT2D eigenvalue weighted by atomic mass is 16.3. The van der Waals surface area contributed by atoms with Crippen LogP contribution in [-0.2, 0) is 6.54 Å². The molecule has 0 fully saturated rings. The fourth-order valence-corrected chi connectivity index (χ4v) is 6.24. The molecule has 4 aromatic carbocycles. The van der Waals surface area contributed by atoms with Crippen molar-refractivity contribution in [2.45, 2.75) is 27.3 Å². The van der Waals surface area contributed by atoms with Gasteiger partial charge in [-0.3, -0.25) is 4.98 Å². The van der Waals surface area contributed by atoms with E-state index in [4.69, 9.17) is 19.4 Å². The van der Waals surface area contributed by atoms with Crippen LogP contribution in [0.5, 0.6) is 0 Å². The zero-order chi connectivity index (χ0) is 28.4. The van der Waals surface area contributed by atoms with E-state index >= 15 is 0 Å². The number of hydrogen-bond acceptors (Lipinski definition) is 4. The Morgan fingerprint density at radius 3 is 2.29 bits per heavy atom. The minimum atomic E-state index is 0.631. The van der Waals surface area contributed by atoms with Crippen LogP contribution in [0.2, 0.25) is 0 Å². The Bertz CT molecular complexity index is 2290. The summed E-state index contributed by atoms with van der Waals surface area (Å²) in [4.78, 5) is 15.2. The second-order valence-corrected chi connectivity index (χ2v) is 11.1. The van der Waals surface area contributed by atoms with Gasteiger partial charge in [0, 0.05) is 34.0 Å². The first kappa shape index (κ1) is 24.5. The summed E-state index contributed by atoms with van der Waals surface area (Å²) in [6, 6.07) is 35.8. The van der Waals surface area contributed by atoms with Crippen LogP contribution in [0.4, 0.5) is 0 Å². The van der Waals surface area contributed by atoms with Crippen LogP contribution in [0.25, 0.3) is 66.7 Å². The maximum Gasteiger partial charge on any atom is 0.227 e. The standard InChI is InChI=1S/C37H28N4O/c1-22-9-7-10-23(2)32(22)30-20-18-28-27-13-8-14-29(35(27)42-37(28)40-30)36-39-31-19-17-26-16-15-24(3)38-33(26)34(31)41(36)21-25-11-5-4-6-12-25/h4-20H,21H2,1-3H3. The van der Waals surface area contributed by atoms with Gasteiger partial charge in [0.1, 0.15) is 11.4 Å². The average molecular weight is 545 g/mol. The second-order valence-electron chi connectivity index (χ2n) is 11.1. The van der Waals surface area contributed by atoms with Crippen molar-refractivity contribution in [1.82, 2.24) is 19.5 Å². The molecule has 0 N–H and O–H groups in total. The minimum absolute atomic E-state index is 0.631. The Morgan fingerprint density at radius 2 is 1.45 bits per heavy atom. The molecule has 0 radical (unpaired) electrons. The molecule has 0 amide bonds. The van der Waals surface area contributed by atoms with E-state index in [0.29, 0.717) is 12.3 Å². The monoisotopic (exact) mass is 544 g/mol. The van der Waals surface area contributed by atoms with Crippen LogP contribution in [0, 0.1) is 20.8 Å². The van der Waals surface area contributed by atoms with Crippen molar-refractivity contribution in [3.05, 3.63) is 126 Å². The number of imidazole rings is 1. The fourth-order valence-electron chi connectivity index (χ4n) is 6.24. The van der Waals surface area contributed by atoms with Crippen LogP contribution in [0.3, 0.4) is 0 Å². The quantitative estimate of drug-likeness (QED) is 0.222. The average Bonchev–Trinajstić information content (AvgIpc) is 3.56. The lowest BCUT2D eigenvalue weighted by atomic mass is 9.99. The smallest absolute Gasteiger partial charge is 0.227 e. The van der Waals surface area contributed by atoms with Crippen LogP contribution < -0.4 is 0 Å². The van der Waals surface area contributed by atoms with Gasteiger partial charge in [0.25, 0.3) is 0 Å². The molecule has 202 valence electrons. The normalized spacial score (nSPS) is 11.8. The number of benzene rings is 4. The maximum absolute atomic E-state index is 6.61. The van der Waals surface area contributed by atoms with E-state index in [1.165, 1.54) is 16.7 Å². The van der Waals surface area contributed by atoms with Crippen molar-refractivity contribution in [2.24, 2.45) is 0 Å². The van der Waals surface area contributed by atoms with Gasteiger partial charge in [-0.05, 0) is 67.8 Å². The van der Waals surface area contributed by atoms with Crippen molar-refractivity contribution in [3.8, 4) is 22.6 Å². The molecule has 5 nitrogen and oxygen atoms in total. The SMILES string of the molecule is Cc1ccc2ccc3nc(-c4cccc5c4oc4nc(-c6c(C)cccc6C)ccc45)n(Cc4ccccc4)c3c2n1. The maximum atomic E-state index is 6.61. The third-order valence-corrected chi connectivity index (χ3v) is 8.23. The van der Waals surface area contributed by atoms with E-state index in [1.807, 2.05) is 13.0 Å². The number of aromatic nitrogens is 4. The Hall–Kier alpha value is -5.29. The third kappa shape index (κ3) is 3.81. The summed E-state index contributed by atoms with van der Waals surface area (Å²) in [6.45, 7) is 6.95. The molecule has 0 unspecified atom stereocenters. The summed E-state index contributed by atoms with van der Waals surface area (Å²) in [6.07, 6.45) is 0. The highest BCUT2D eigenvalue weighted by molar-refractivity contribution is 6.10. The molecule has 8 rings (SSSR count). The van der Waals surface area contributed by atoms with Crippen molar-refractivity contribution < 1.29 is 4.42 Å². The predicted molar refractivity (Wildman–Crippen MR) is 171 cm³/mol. The lowest BCUT2D eigenvalue weighted by Gasteiger charge is -2.11. The Morgan fingerprint density at radius 1 is 0.667 bits per heavy atom. The lowest BCUT2D eigenvalue weighted by molar-refractivity contribution is 0.654. The van der Waals surface area contributed by atoms with Crippen molar-refractivity contribution >= 4 is 44.0 Å². The summed E-state index contributed by atoms with van der Waals surface area (Å²) in [7, 11) is 0. The van der Waals surface area contributed by atoms with Gasteiger partial charge in [-0.15, -0.1) is 0 Å². The van der Waals surface area contributed by atoms with E-state index in [0.717, 1.165) is 66.6 Å². The molecule has 5 heteroatoms. The zero-order valence-electron chi connectivity index (χ0n) is 23.7. The summed E-state index contributed by atoms with van der Waals surface area (Å²) < 4.78 is 8.90. The number of furan rings is 1. The molecule has 4 heterocycles. The van der Waals surface area contributed by atoms with Gasteiger partial charge >= 0.3 is 0 Å². The molecule has 0 aliphatic heterocycles. The van der Waals surface area contributed by atoms with E-state index in [2.05, 4.69) is 115 Å². The summed E-state index contributed by atoms with van der Waals surface area (Å²) >= 11 is 0. The van der Waals surface area contributed by atoms with Gasteiger partial charge in [0.2, 0.25) is 5.71 Å². The molecule has 42 heavy (non-hydrogen) atoms. The van der Waals surface area contributed by atoms with Gasteiger partial charge in [-0.2, -0.15) is 0 Å². The lowest BCUT2D eigenvalue weighted by Crippen LogP contribution is -2.03. The van der Waals surface area contributed by atoms with E-state index in [9.17, 15) is 0 Å². The molecular formula is C37H28N4O. The first-order valence-corrected chi connectivity index (χ1v) is 14.2. The zero-order valence-corrected chi connectivity index (χ0v) is 23.7. The molecule has 0 spiro atoms. The van der Waals surface area contributed by atoms with Crippen LogP contribution in [-0.4, -0.2) is 19.5 Å². The van der Waals surface area contributed by atoms with E-state index < -0.39 is 0 Å². The Labute approximate surface area is 243 Å². The van der Waals surface area contributed by atoms with E-state index in [-0.39, 0.29) is 0 Å². The topological polar surface area (TPSA) is 56.7 Å². The van der Waals surface area contributed by atoms with Gasteiger partial charge in [-0.25, -0.2) is 9.97 Å².